The van der Waals surface area contributed by atoms with Crippen LogP contribution in [0.25, 0.3) is 0 Å². The minimum absolute atomic E-state index is 0.0843. The van der Waals surface area contributed by atoms with Gasteiger partial charge in [0.15, 0.2) is 5.78 Å². The van der Waals surface area contributed by atoms with Crippen molar-refractivity contribution in [1.29, 1.82) is 0 Å². The van der Waals surface area contributed by atoms with Crippen LogP contribution in [0.1, 0.15) is 23.2 Å². The Bertz CT molecular complexity index is 384. The normalized spacial score (nSPS) is 20.1. The zero-order chi connectivity index (χ0) is 10.2. The second kappa shape index (κ2) is 3.29. The van der Waals surface area contributed by atoms with Crippen LogP contribution < -0.4 is 5.14 Å². The standard InChI is InChI=1S/C10H11NO2S/c11-14(13)10(6-7-10)9(12)8-4-2-1-3-5-8/h1-5H,6-7,11H2. The molecular weight excluding hydrogens is 198 g/mol. The number of hydrogen-bond acceptors (Lipinski definition) is 2. The van der Waals surface area contributed by atoms with E-state index in [1.807, 2.05) is 6.07 Å². The predicted molar refractivity (Wildman–Crippen MR) is 55.1 cm³/mol. The molecule has 1 aromatic carbocycles. The molecule has 0 aromatic heterocycles. The van der Waals surface area contributed by atoms with Gasteiger partial charge in [-0.05, 0) is 12.8 Å². The van der Waals surface area contributed by atoms with Gasteiger partial charge < -0.3 is 0 Å². The molecule has 2 rings (SSSR count). The van der Waals surface area contributed by atoms with Crippen molar-refractivity contribution in [2.24, 2.45) is 5.14 Å². The maximum absolute atomic E-state index is 11.9. The molecule has 1 unspecified atom stereocenters. The van der Waals surface area contributed by atoms with E-state index >= 15 is 0 Å². The van der Waals surface area contributed by atoms with Crippen molar-refractivity contribution in [1.82, 2.24) is 0 Å². The van der Waals surface area contributed by atoms with Crippen LogP contribution in [-0.4, -0.2) is 14.7 Å². The number of carbonyl (C=O) groups is 1. The number of Topliss-reactive ketones (excluding diaryl/α,β-unsaturated/α-hetero) is 1. The minimum Gasteiger partial charge on any atom is -0.292 e. The number of carbonyl (C=O) groups excluding carboxylic acids is 1. The summed E-state index contributed by atoms with van der Waals surface area (Å²) < 4.78 is 10.4. The summed E-state index contributed by atoms with van der Waals surface area (Å²) in [7, 11) is -1.54. The molecule has 1 saturated carbocycles. The lowest BCUT2D eigenvalue weighted by atomic mass is 10.1. The summed E-state index contributed by atoms with van der Waals surface area (Å²) in [6.45, 7) is 0. The van der Waals surface area contributed by atoms with Crippen molar-refractivity contribution in [3.8, 4) is 0 Å². The van der Waals surface area contributed by atoms with Crippen molar-refractivity contribution in [3.05, 3.63) is 35.9 Å². The van der Waals surface area contributed by atoms with Crippen LogP contribution in [0, 0.1) is 0 Å². The van der Waals surface area contributed by atoms with E-state index in [1.165, 1.54) is 0 Å². The van der Waals surface area contributed by atoms with Crippen molar-refractivity contribution >= 4 is 16.8 Å². The molecule has 0 amide bonds. The van der Waals surface area contributed by atoms with Gasteiger partial charge in [-0.3, -0.25) is 9.93 Å². The number of benzene rings is 1. The molecule has 1 aliphatic rings. The van der Waals surface area contributed by atoms with Gasteiger partial charge in [0.2, 0.25) is 0 Å². The first-order chi connectivity index (χ1) is 6.67. The molecule has 0 spiro atoms. The molecule has 0 saturated heterocycles. The van der Waals surface area contributed by atoms with E-state index in [4.69, 9.17) is 5.14 Å². The first-order valence-electron chi connectivity index (χ1n) is 4.43. The lowest BCUT2D eigenvalue weighted by Gasteiger charge is -2.09. The molecule has 1 fully saturated rings. The molecule has 14 heavy (non-hydrogen) atoms. The Morgan fingerprint density at radius 1 is 1.29 bits per heavy atom. The van der Waals surface area contributed by atoms with Crippen molar-refractivity contribution in [2.45, 2.75) is 17.6 Å². The second-order valence-electron chi connectivity index (χ2n) is 3.49. The average Bonchev–Trinajstić information content (AvgIpc) is 2.99. The Kier molecular flexibility index (Phi) is 2.25. The largest absolute Gasteiger partial charge is 0.292 e. The molecule has 74 valence electrons. The summed E-state index contributed by atoms with van der Waals surface area (Å²) in [5.74, 6) is -0.0843. The predicted octanol–water partition coefficient (Wildman–Crippen LogP) is 1.02. The molecule has 1 aromatic rings. The highest BCUT2D eigenvalue weighted by Crippen LogP contribution is 2.42. The van der Waals surface area contributed by atoms with Crippen molar-refractivity contribution in [3.63, 3.8) is 0 Å². The first-order valence-corrected chi connectivity index (χ1v) is 5.64. The Labute approximate surface area is 84.9 Å². The molecule has 4 heteroatoms. The van der Waals surface area contributed by atoms with Gasteiger partial charge in [-0.25, -0.2) is 4.21 Å². The third-order valence-corrected chi connectivity index (χ3v) is 3.90. The summed E-state index contributed by atoms with van der Waals surface area (Å²) in [5.41, 5.74) is 0.601. The quantitative estimate of drug-likeness (QED) is 0.756. The minimum atomic E-state index is -1.54. The van der Waals surface area contributed by atoms with Crippen LogP contribution in [0.3, 0.4) is 0 Å². The van der Waals surface area contributed by atoms with E-state index in [2.05, 4.69) is 0 Å². The molecule has 3 nitrogen and oxygen atoms in total. The molecule has 0 heterocycles. The fraction of sp³-hybridized carbons (Fsp3) is 0.300. The van der Waals surface area contributed by atoms with Gasteiger partial charge in [0.25, 0.3) is 0 Å². The van der Waals surface area contributed by atoms with Crippen LogP contribution in [0.4, 0.5) is 0 Å². The highest BCUT2D eigenvalue weighted by atomic mass is 32.2. The number of hydrogen-bond donors (Lipinski definition) is 1. The number of nitrogens with two attached hydrogens (primary N) is 1. The average molecular weight is 209 g/mol. The smallest absolute Gasteiger partial charge is 0.182 e. The maximum atomic E-state index is 11.9. The molecule has 0 aliphatic heterocycles. The highest BCUT2D eigenvalue weighted by Gasteiger charge is 2.54. The second-order valence-corrected chi connectivity index (χ2v) is 4.86. The lowest BCUT2D eigenvalue weighted by molar-refractivity contribution is 0.0979. The third-order valence-electron chi connectivity index (χ3n) is 2.54. The first kappa shape index (κ1) is 9.55. The van der Waals surface area contributed by atoms with Crippen LogP contribution in [0.5, 0.6) is 0 Å². The SMILES string of the molecule is NS(=O)C1(C(=O)c2ccccc2)CC1. The zero-order valence-electron chi connectivity index (χ0n) is 7.60. The van der Waals surface area contributed by atoms with E-state index in [9.17, 15) is 9.00 Å². The van der Waals surface area contributed by atoms with E-state index in [1.54, 1.807) is 24.3 Å². The van der Waals surface area contributed by atoms with E-state index < -0.39 is 15.7 Å². The van der Waals surface area contributed by atoms with Crippen LogP contribution >= 0.6 is 0 Å². The molecule has 0 radical (unpaired) electrons. The summed E-state index contributed by atoms with van der Waals surface area (Å²) in [6, 6.07) is 8.89. The van der Waals surface area contributed by atoms with Crippen molar-refractivity contribution in [2.75, 3.05) is 0 Å². The van der Waals surface area contributed by atoms with Gasteiger partial charge in [0.05, 0.1) is 0 Å². The van der Waals surface area contributed by atoms with E-state index in [0.717, 1.165) is 0 Å². The monoisotopic (exact) mass is 209 g/mol. The van der Waals surface area contributed by atoms with Gasteiger partial charge >= 0.3 is 0 Å². The van der Waals surface area contributed by atoms with Crippen LogP contribution in [0.2, 0.25) is 0 Å². The van der Waals surface area contributed by atoms with Gasteiger partial charge in [-0.2, -0.15) is 0 Å². The van der Waals surface area contributed by atoms with E-state index in [0.29, 0.717) is 18.4 Å². The Balaban J connectivity index is 2.30. The number of ketones is 1. The van der Waals surface area contributed by atoms with Gasteiger partial charge in [0.1, 0.15) is 15.7 Å². The summed E-state index contributed by atoms with van der Waals surface area (Å²) >= 11 is 0. The molecule has 2 N–H and O–H groups in total. The highest BCUT2D eigenvalue weighted by molar-refractivity contribution is 7.85. The molecule has 1 atom stereocenters. The van der Waals surface area contributed by atoms with Gasteiger partial charge in [-0.15, -0.1) is 0 Å². The summed E-state index contributed by atoms with van der Waals surface area (Å²) in [6.07, 6.45) is 1.29. The number of rotatable bonds is 3. The summed E-state index contributed by atoms with van der Waals surface area (Å²) in [5, 5.41) is 5.32. The van der Waals surface area contributed by atoms with Gasteiger partial charge in [-0.1, -0.05) is 30.3 Å². The Morgan fingerprint density at radius 3 is 2.29 bits per heavy atom. The molecule has 0 bridgehead atoms. The van der Waals surface area contributed by atoms with Gasteiger partial charge in [0, 0.05) is 5.56 Å². The van der Waals surface area contributed by atoms with Crippen LogP contribution in [-0.2, 0) is 11.0 Å². The molecular formula is C10H11NO2S. The Morgan fingerprint density at radius 2 is 1.86 bits per heavy atom. The molecule has 1 aliphatic carbocycles. The topological polar surface area (TPSA) is 60.2 Å². The zero-order valence-corrected chi connectivity index (χ0v) is 8.42. The summed E-state index contributed by atoms with van der Waals surface area (Å²) in [4.78, 5) is 11.9. The fourth-order valence-electron chi connectivity index (χ4n) is 1.49. The maximum Gasteiger partial charge on any atom is 0.182 e. The lowest BCUT2D eigenvalue weighted by Crippen LogP contribution is -2.32. The van der Waals surface area contributed by atoms with Crippen LogP contribution in [0.15, 0.2) is 30.3 Å². The van der Waals surface area contributed by atoms with Crippen molar-refractivity contribution < 1.29 is 9.00 Å². The Hall–Kier alpha value is -1.00. The van der Waals surface area contributed by atoms with E-state index in [-0.39, 0.29) is 5.78 Å². The third kappa shape index (κ3) is 1.40. The fourth-order valence-corrected chi connectivity index (χ4v) is 2.29.